The molecule has 0 aromatic rings. The third-order valence-corrected chi connectivity index (χ3v) is 2.33. The van der Waals surface area contributed by atoms with Crippen molar-refractivity contribution in [1.29, 1.82) is 0 Å². The lowest BCUT2D eigenvalue weighted by molar-refractivity contribution is -0.124. The highest BCUT2D eigenvalue weighted by Crippen LogP contribution is 2.15. The number of carbonyl (C=O) groups is 1. The van der Waals surface area contributed by atoms with Gasteiger partial charge in [-0.2, -0.15) is 0 Å². The maximum atomic E-state index is 11.3. The molecule has 1 amide bonds. The van der Waals surface area contributed by atoms with E-state index in [4.69, 9.17) is 10.5 Å². The minimum Gasteiger partial charge on any atom is -0.380 e. The molecule has 4 heteroatoms. The second kappa shape index (κ2) is 6.80. The average molecular weight is 216 g/mol. The van der Waals surface area contributed by atoms with Crippen LogP contribution in [-0.4, -0.2) is 31.2 Å². The van der Waals surface area contributed by atoms with Crippen molar-refractivity contribution in [3.05, 3.63) is 0 Å². The molecule has 0 heterocycles. The Labute approximate surface area is 92.6 Å². The van der Waals surface area contributed by atoms with Crippen molar-refractivity contribution in [1.82, 2.24) is 5.32 Å². The van der Waals surface area contributed by atoms with Crippen LogP contribution in [0.5, 0.6) is 0 Å². The van der Waals surface area contributed by atoms with Gasteiger partial charge in [0.15, 0.2) is 0 Å². The molecule has 0 aliphatic carbocycles. The largest absolute Gasteiger partial charge is 0.380 e. The Hall–Kier alpha value is -0.610. The van der Waals surface area contributed by atoms with Gasteiger partial charge in [0, 0.05) is 13.2 Å². The molecule has 0 saturated heterocycles. The smallest absolute Gasteiger partial charge is 0.237 e. The van der Waals surface area contributed by atoms with E-state index < -0.39 is 5.54 Å². The number of carbonyl (C=O) groups excluding carboxylic acids is 1. The molecule has 0 radical (unpaired) electrons. The van der Waals surface area contributed by atoms with Crippen molar-refractivity contribution in [2.24, 2.45) is 11.7 Å². The summed E-state index contributed by atoms with van der Waals surface area (Å²) in [7, 11) is 0. The topological polar surface area (TPSA) is 64.3 Å². The summed E-state index contributed by atoms with van der Waals surface area (Å²) in [6.07, 6.45) is 0.745. The second-order valence-electron chi connectivity index (χ2n) is 4.42. The first-order chi connectivity index (χ1) is 6.92. The molecule has 0 rings (SSSR count). The van der Waals surface area contributed by atoms with E-state index in [1.54, 1.807) is 0 Å². The van der Waals surface area contributed by atoms with Gasteiger partial charge in [-0.05, 0) is 26.2 Å². The Morgan fingerprint density at radius 1 is 1.53 bits per heavy atom. The summed E-state index contributed by atoms with van der Waals surface area (Å²) < 4.78 is 5.20. The molecule has 0 aromatic heterocycles. The summed E-state index contributed by atoms with van der Waals surface area (Å²) in [6.45, 7) is 9.90. The number of hydrogen-bond donors (Lipinski definition) is 2. The van der Waals surface area contributed by atoms with Gasteiger partial charge in [-0.1, -0.05) is 13.8 Å². The van der Waals surface area contributed by atoms with Gasteiger partial charge in [0.1, 0.15) is 0 Å². The summed E-state index contributed by atoms with van der Waals surface area (Å²) in [6, 6.07) is 0. The fraction of sp³-hybridized carbons (Fsp3) is 0.909. The monoisotopic (exact) mass is 216 g/mol. The molecule has 4 nitrogen and oxygen atoms in total. The number of hydrogen-bond acceptors (Lipinski definition) is 3. The lowest BCUT2D eigenvalue weighted by atomic mass is 9.90. The number of amides is 1. The molecule has 0 aromatic carbocycles. The van der Waals surface area contributed by atoms with Gasteiger partial charge in [0.05, 0.1) is 12.1 Å². The van der Waals surface area contributed by atoms with E-state index in [0.29, 0.717) is 25.7 Å². The third-order valence-electron chi connectivity index (χ3n) is 2.33. The summed E-state index contributed by atoms with van der Waals surface area (Å²) >= 11 is 0. The Balaban J connectivity index is 4.08. The van der Waals surface area contributed by atoms with E-state index in [-0.39, 0.29) is 5.91 Å². The molecule has 0 aliphatic heterocycles. The van der Waals surface area contributed by atoms with Crippen LogP contribution in [0.15, 0.2) is 0 Å². The maximum absolute atomic E-state index is 11.3. The molecular formula is C11H24N2O2. The van der Waals surface area contributed by atoms with Gasteiger partial charge in [-0.3, -0.25) is 4.79 Å². The first-order valence-corrected chi connectivity index (χ1v) is 5.55. The van der Waals surface area contributed by atoms with Crippen molar-refractivity contribution in [2.45, 2.75) is 39.7 Å². The van der Waals surface area contributed by atoms with Crippen LogP contribution < -0.4 is 11.1 Å². The number of primary amides is 1. The molecule has 0 aliphatic rings. The maximum Gasteiger partial charge on any atom is 0.237 e. The first kappa shape index (κ1) is 14.4. The second-order valence-corrected chi connectivity index (χ2v) is 4.42. The third kappa shape index (κ3) is 5.74. The molecule has 0 spiro atoms. The van der Waals surface area contributed by atoms with Crippen molar-refractivity contribution >= 4 is 5.91 Å². The fourth-order valence-electron chi connectivity index (χ4n) is 1.62. The molecule has 1 atom stereocenters. The molecular weight excluding hydrogens is 192 g/mol. The van der Waals surface area contributed by atoms with Gasteiger partial charge in [0.2, 0.25) is 5.91 Å². The van der Waals surface area contributed by atoms with Crippen molar-refractivity contribution in [2.75, 3.05) is 19.8 Å². The van der Waals surface area contributed by atoms with Crippen molar-refractivity contribution in [3.63, 3.8) is 0 Å². The lowest BCUT2D eigenvalue weighted by Crippen LogP contribution is -2.54. The van der Waals surface area contributed by atoms with Crippen LogP contribution in [0.4, 0.5) is 0 Å². The molecule has 0 fully saturated rings. The summed E-state index contributed by atoms with van der Waals surface area (Å²) in [5.74, 6) is 0.134. The van der Waals surface area contributed by atoms with E-state index in [1.807, 2.05) is 13.8 Å². The summed E-state index contributed by atoms with van der Waals surface area (Å²) in [5.41, 5.74) is 4.77. The Kier molecular flexibility index (Phi) is 6.52. The first-order valence-electron chi connectivity index (χ1n) is 5.55. The Morgan fingerprint density at radius 2 is 2.13 bits per heavy atom. The van der Waals surface area contributed by atoms with Crippen LogP contribution in [0.1, 0.15) is 34.1 Å². The minimum absolute atomic E-state index is 0.298. The summed E-state index contributed by atoms with van der Waals surface area (Å²) in [4.78, 5) is 11.3. The van der Waals surface area contributed by atoms with E-state index in [1.165, 1.54) is 0 Å². The zero-order valence-corrected chi connectivity index (χ0v) is 10.3. The number of ether oxygens (including phenoxy) is 1. The average Bonchev–Trinajstić information content (AvgIpc) is 2.11. The van der Waals surface area contributed by atoms with E-state index in [2.05, 4.69) is 19.2 Å². The van der Waals surface area contributed by atoms with Crippen LogP contribution in [0, 0.1) is 5.92 Å². The molecule has 0 bridgehead atoms. The SMILES string of the molecule is CCOCCN[C@](C)(CC(C)C)C(N)=O. The van der Waals surface area contributed by atoms with Crippen LogP contribution in [0.3, 0.4) is 0 Å². The zero-order chi connectivity index (χ0) is 11.9. The van der Waals surface area contributed by atoms with Crippen LogP contribution in [0.2, 0.25) is 0 Å². The zero-order valence-electron chi connectivity index (χ0n) is 10.3. The Morgan fingerprint density at radius 3 is 2.53 bits per heavy atom. The predicted molar refractivity (Wildman–Crippen MR) is 61.6 cm³/mol. The molecule has 3 N–H and O–H groups in total. The quantitative estimate of drug-likeness (QED) is 0.593. The minimum atomic E-state index is -0.620. The highest BCUT2D eigenvalue weighted by molar-refractivity contribution is 5.84. The highest BCUT2D eigenvalue weighted by atomic mass is 16.5. The lowest BCUT2D eigenvalue weighted by Gasteiger charge is -2.29. The van der Waals surface area contributed by atoms with Gasteiger partial charge in [-0.15, -0.1) is 0 Å². The Bertz CT molecular complexity index is 195. The normalized spacial score (nSPS) is 15.3. The molecule has 0 unspecified atom stereocenters. The van der Waals surface area contributed by atoms with Gasteiger partial charge < -0.3 is 15.8 Å². The van der Waals surface area contributed by atoms with E-state index in [0.717, 1.165) is 6.42 Å². The van der Waals surface area contributed by atoms with Gasteiger partial charge >= 0.3 is 0 Å². The summed E-state index contributed by atoms with van der Waals surface area (Å²) in [5, 5.41) is 3.16. The van der Waals surface area contributed by atoms with Crippen molar-refractivity contribution in [3.8, 4) is 0 Å². The van der Waals surface area contributed by atoms with Crippen LogP contribution >= 0.6 is 0 Å². The van der Waals surface area contributed by atoms with E-state index >= 15 is 0 Å². The molecule has 15 heavy (non-hydrogen) atoms. The fourth-order valence-corrected chi connectivity index (χ4v) is 1.62. The van der Waals surface area contributed by atoms with E-state index in [9.17, 15) is 4.79 Å². The predicted octanol–water partition coefficient (Wildman–Crippen LogP) is 0.903. The van der Waals surface area contributed by atoms with Crippen LogP contribution in [-0.2, 0) is 9.53 Å². The number of nitrogens with one attached hydrogen (secondary N) is 1. The highest BCUT2D eigenvalue weighted by Gasteiger charge is 2.30. The van der Waals surface area contributed by atoms with Crippen LogP contribution in [0.25, 0.3) is 0 Å². The van der Waals surface area contributed by atoms with Gasteiger partial charge in [-0.25, -0.2) is 0 Å². The standard InChI is InChI=1S/C11H24N2O2/c1-5-15-7-6-13-11(4,10(12)14)8-9(2)3/h9,13H,5-8H2,1-4H3,(H2,12,14)/t11-/m1/s1. The van der Waals surface area contributed by atoms with Gasteiger partial charge in [0.25, 0.3) is 0 Å². The molecule has 0 saturated carbocycles. The number of rotatable bonds is 8. The molecule has 90 valence electrons. The number of nitrogens with two attached hydrogens (primary N) is 1. The van der Waals surface area contributed by atoms with Crippen molar-refractivity contribution < 1.29 is 9.53 Å².